The molecule has 1 aromatic carbocycles. The van der Waals surface area contributed by atoms with Crippen molar-refractivity contribution in [2.24, 2.45) is 0 Å². The number of fused-ring (bicyclic) bond motifs is 1. The van der Waals surface area contributed by atoms with Crippen molar-refractivity contribution in [3.05, 3.63) is 78.8 Å². The van der Waals surface area contributed by atoms with Gasteiger partial charge in [0.25, 0.3) is 0 Å². The summed E-state index contributed by atoms with van der Waals surface area (Å²) in [6.07, 6.45) is 6.10. The standard InChI is InChI=1S/C26H26FN9O/c1-3-28-26(37)36-25-34-21-12-16(11-18(23(21)35-25)22-19(27)7-6-10-30-22)17-13-31-24(32-14-17)33-15(2)20-8-4-5-9-29-20/h4-15,25,34-35H,3H2,1-2H3,(H2,28,36,37)(H,31,32,33). The Balaban J connectivity index is 1.44. The number of amides is 2. The minimum atomic E-state index is -0.585. The summed E-state index contributed by atoms with van der Waals surface area (Å²) in [6, 6.07) is 12.0. The lowest BCUT2D eigenvalue weighted by atomic mass is 10.00. The number of urea groups is 1. The van der Waals surface area contributed by atoms with E-state index in [2.05, 4.69) is 46.5 Å². The summed E-state index contributed by atoms with van der Waals surface area (Å²) in [5, 5.41) is 15.2. The molecular weight excluding hydrogens is 473 g/mol. The number of benzene rings is 1. The van der Waals surface area contributed by atoms with E-state index in [-0.39, 0.29) is 17.8 Å². The van der Waals surface area contributed by atoms with Crippen LogP contribution < -0.4 is 26.6 Å². The third kappa shape index (κ3) is 5.25. The maximum atomic E-state index is 14.8. The summed E-state index contributed by atoms with van der Waals surface area (Å²) in [5.41, 5.74) is 4.43. The average Bonchev–Trinajstić information content (AvgIpc) is 3.32. The first-order valence-electron chi connectivity index (χ1n) is 11.9. The van der Waals surface area contributed by atoms with Crippen LogP contribution in [0.25, 0.3) is 22.4 Å². The van der Waals surface area contributed by atoms with Gasteiger partial charge in [-0.1, -0.05) is 6.07 Å². The van der Waals surface area contributed by atoms with Crippen molar-refractivity contribution < 1.29 is 9.18 Å². The Hall–Kier alpha value is -4.80. The third-order valence-corrected chi connectivity index (χ3v) is 5.82. The summed E-state index contributed by atoms with van der Waals surface area (Å²) >= 11 is 0. The molecule has 2 atom stereocenters. The fourth-order valence-corrected chi connectivity index (χ4v) is 4.05. The van der Waals surface area contributed by atoms with Crippen molar-refractivity contribution in [3.63, 3.8) is 0 Å². The molecule has 5 N–H and O–H groups in total. The quantitative estimate of drug-likeness (QED) is 0.254. The lowest BCUT2D eigenvalue weighted by Crippen LogP contribution is -2.47. The number of hydrogen-bond acceptors (Lipinski definition) is 8. The highest BCUT2D eigenvalue weighted by atomic mass is 19.1. The smallest absolute Gasteiger partial charge is 0.317 e. The highest BCUT2D eigenvalue weighted by molar-refractivity contribution is 5.94. The molecule has 188 valence electrons. The van der Waals surface area contributed by atoms with E-state index in [1.165, 1.54) is 12.3 Å². The molecule has 2 amide bonds. The second-order valence-corrected chi connectivity index (χ2v) is 8.42. The van der Waals surface area contributed by atoms with Crippen LogP contribution in [0.1, 0.15) is 25.6 Å². The zero-order valence-corrected chi connectivity index (χ0v) is 20.3. The van der Waals surface area contributed by atoms with E-state index in [0.29, 0.717) is 29.4 Å². The molecule has 10 nitrogen and oxygen atoms in total. The molecule has 0 radical (unpaired) electrons. The van der Waals surface area contributed by atoms with Gasteiger partial charge in [-0.2, -0.15) is 0 Å². The minimum Gasteiger partial charge on any atom is -0.347 e. The van der Waals surface area contributed by atoms with Crippen molar-refractivity contribution in [1.29, 1.82) is 0 Å². The maximum absolute atomic E-state index is 14.8. The molecule has 11 heteroatoms. The number of hydrogen-bond donors (Lipinski definition) is 5. The fraction of sp³-hybridized carbons (Fsp3) is 0.192. The molecule has 0 bridgehead atoms. The number of nitrogens with one attached hydrogen (secondary N) is 5. The summed E-state index contributed by atoms with van der Waals surface area (Å²) in [6.45, 7) is 4.31. The van der Waals surface area contributed by atoms with Gasteiger partial charge < -0.3 is 26.6 Å². The van der Waals surface area contributed by atoms with Crippen LogP contribution in [0.15, 0.2) is 67.3 Å². The molecule has 0 spiro atoms. The molecule has 1 aliphatic heterocycles. The molecular formula is C26H26FN9O. The zero-order valence-electron chi connectivity index (χ0n) is 20.3. The van der Waals surface area contributed by atoms with Crippen LogP contribution in [0.2, 0.25) is 0 Å². The van der Waals surface area contributed by atoms with Gasteiger partial charge in [0.1, 0.15) is 11.5 Å². The largest absolute Gasteiger partial charge is 0.347 e. The Morgan fingerprint density at radius 3 is 2.57 bits per heavy atom. The van der Waals surface area contributed by atoms with Gasteiger partial charge in [0.2, 0.25) is 5.95 Å². The Bertz CT molecular complexity index is 1400. The number of halogens is 1. The zero-order chi connectivity index (χ0) is 25.8. The number of nitrogens with zero attached hydrogens (tertiary/aromatic N) is 4. The normalized spacial score (nSPS) is 14.6. The van der Waals surface area contributed by atoms with Crippen LogP contribution in [-0.4, -0.2) is 38.8 Å². The molecule has 0 saturated carbocycles. The van der Waals surface area contributed by atoms with E-state index in [1.807, 2.05) is 44.2 Å². The summed E-state index contributed by atoms with van der Waals surface area (Å²) in [4.78, 5) is 29.6. The van der Waals surface area contributed by atoms with E-state index in [4.69, 9.17) is 0 Å². The van der Waals surface area contributed by atoms with Crippen LogP contribution in [0, 0.1) is 5.82 Å². The number of anilines is 3. The molecule has 2 unspecified atom stereocenters. The molecule has 4 aromatic rings. The molecule has 0 fully saturated rings. The number of pyridine rings is 2. The van der Waals surface area contributed by atoms with Gasteiger partial charge >= 0.3 is 6.03 Å². The third-order valence-electron chi connectivity index (χ3n) is 5.82. The molecule has 37 heavy (non-hydrogen) atoms. The van der Waals surface area contributed by atoms with Crippen LogP contribution in [0.4, 0.5) is 26.5 Å². The molecule has 5 rings (SSSR count). The first kappa shape index (κ1) is 23.9. The first-order chi connectivity index (χ1) is 18.0. The Kier molecular flexibility index (Phi) is 6.75. The second kappa shape index (κ2) is 10.4. The minimum absolute atomic E-state index is 0.0737. The number of carbonyl (C=O) groups is 1. The van der Waals surface area contributed by atoms with Gasteiger partial charge in [0.15, 0.2) is 6.29 Å². The SMILES string of the molecule is CCNC(=O)NC1Nc2cc(-c3cnc(NC(C)c4ccccn4)nc3)cc(-c3ncccc3F)c2N1. The Morgan fingerprint density at radius 2 is 1.84 bits per heavy atom. The summed E-state index contributed by atoms with van der Waals surface area (Å²) in [5.74, 6) is 0.00754. The van der Waals surface area contributed by atoms with Crippen molar-refractivity contribution in [2.45, 2.75) is 26.2 Å². The summed E-state index contributed by atoms with van der Waals surface area (Å²) < 4.78 is 14.8. The average molecular weight is 500 g/mol. The molecule has 4 heterocycles. The molecule has 1 aliphatic rings. The van der Waals surface area contributed by atoms with Crippen LogP contribution in [-0.2, 0) is 0 Å². The fourth-order valence-electron chi connectivity index (χ4n) is 4.05. The van der Waals surface area contributed by atoms with E-state index in [9.17, 15) is 9.18 Å². The lowest BCUT2D eigenvalue weighted by molar-refractivity contribution is 0.240. The van der Waals surface area contributed by atoms with E-state index in [1.54, 1.807) is 24.7 Å². The maximum Gasteiger partial charge on any atom is 0.317 e. The lowest BCUT2D eigenvalue weighted by Gasteiger charge is -2.15. The number of aromatic nitrogens is 4. The monoisotopic (exact) mass is 499 g/mol. The van der Waals surface area contributed by atoms with E-state index in [0.717, 1.165) is 16.8 Å². The van der Waals surface area contributed by atoms with Crippen molar-refractivity contribution in [2.75, 3.05) is 22.5 Å². The van der Waals surface area contributed by atoms with Gasteiger partial charge in [-0.05, 0) is 55.8 Å². The van der Waals surface area contributed by atoms with Gasteiger partial charge in [0.05, 0.1) is 23.1 Å². The topological polar surface area (TPSA) is 129 Å². The van der Waals surface area contributed by atoms with Gasteiger partial charge in [0, 0.05) is 42.5 Å². The Labute approximate surface area is 213 Å². The van der Waals surface area contributed by atoms with Gasteiger partial charge in [-0.25, -0.2) is 19.2 Å². The number of carbonyl (C=O) groups excluding carboxylic acids is 1. The van der Waals surface area contributed by atoms with Crippen LogP contribution >= 0.6 is 0 Å². The van der Waals surface area contributed by atoms with Crippen LogP contribution in [0.3, 0.4) is 0 Å². The van der Waals surface area contributed by atoms with Crippen molar-refractivity contribution >= 4 is 23.4 Å². The van der Waals surface area contributed by atoms with E-state index < -0.39 is 12.1 Å². The predicted molar refractivity (Wildman–Crippen MR) is 140 cm³/mol. The number of rotatable bonds is 7. The summed E-state index contributed by atoms with van der Waals surface area (Å²) in [7, 11) is 0. The molecule has 0 saturated heterocycles. The van der Waals surface area contributed by atoms with Crippen molar-refractivity contribution in [3.8, 4) is 22.4 Å². The highest BCUT2D eigenvalue weighted by Gasteiger charge is 2.26. The highest BCUT2D eigenvalue weighted by Crippen LogP contribution is 2.42. The van der Waals surface area contributed by atoms with Gasteiger partial charge in [-0.15, -0.1) is 0 Å². The van der Waals surface area contributed by atoms with E-state index >= 15 is 0 Å². The first-order valence-corrected chi connectivity index (χ1v) is 11.9. The van der Waals surface area contributed by atoms with Gasteiger partial charge in [-0.3, -0.25) is 9.97 Å². The molecule has 0 aliphatic carbocycles. The van der Waals surface area contributed by atoms with Crippen molar-refractivity contribution in [1.82, 2.24) is 30.6 Å². The predicted octanol–water partition coefficient (Wildman–Crippen LogP) is 4.35. The molecule has 3 aromatic heterocycles. The second-order valence-electron chi connectivity index (χ2n) is 8.42. The van der Waals surface area contributed by atoms with Crippen LogP contribution in [0.5, 0.6) is 0 Å². The Morgan fingerprint density at radius 1 is 1.03 bits per heavy atom.